The zero-order valence-electron chi connectivity index (χ0n) is 13.4. The molecule has 0 aliphatic heterocycles. The van der Waals surface area contributed by atoms with Crippen LogP contribution in [0.25, 0.3) is 0 Å². The van der Waals surface area contributed by atoms with E-state index in [0.29, 0.717) is 0 Å². The van der Waals surface area contributed by atoms with E-state index in [2.05, 4.69) is 15.8 Å². The molecule has 2 amide bonds. The van der Waals surface area contributed by atoms with Crippen LogP contribution in [0.2, 0.25) is 5.02 Å². The van der Waals surface area contributed by atoms with Crippen LogP contribution < -0.4 is 10.7 Å². The molecule has 0 saturated heterocycles. The van der Waals surface area contributed by atoms with Gasteiger partial charge in [-0.15, -0.1) is 0 Å². The van der Waals surface area contributed by atoms with Crippen molar-refractivity contribution in [3.63, 3.8) is 0 Å². The molecule has 1 aromatic heterocycles. The number of rotatable bonds is 5. The van der Waals surface area contributed by atoms with E-state index in [4.69, 9.17) is 16.0 Å². The molecule has 0 atom stereocenters. The SMILES string of the molecule is C/C(CC(=O)Nc1ccc(Cl)c(C(F)(F)F)c1)=N\NC(=O)c1ccco1. The number of furan rings is 1. The van der Waals surface area contributed by atoms with E-state index in [9.17, 15) is 22.8 Å². The summed E-state index contributed by atoms with van der Waals surface area (Å²) in [6.07, 6.45) is -3.55. The molecular formula is C16H13ClF3N3O3. The van der Waals surface area contributed by atoms with Crippen molar-refractivity contribution >= 4 is 34.8 Å². The molecule has 0 aliphatic rings. The first-order valence-electron chi connectivity index (χ1n) is 7.20. The maximum Gasteiger partial charge on any atom is 0.417 e. The zero-order chi connectivity index (χ0) is 19.3. The number of hydrogen-bond acceptors (Lipinski definition) is 4. The average Bonchev–Trinajstić information content (AvgIpc) is 3.08. The van der Waals surface area contributed by atoms with Crippen LogP contribution in [0.15, 0.2) is 46.1 Å². The Morgan fingerprint density at radius 2 is 2.00 bits per heavy atom. The summed E-state index contributed by atoms with van der Waals surface area (Å²) >= 11 is 5.52. The molecule has 0 spiro atoms. The third-order valence-electron chi connectivity index (χ3n) is 3.07. The Bertz CT molecular complexity index is 833. The van der Waals surface area contributed by atoms with Crippen molar-refractivity contribution in [3.8, 4) is 0 Å². The molecule has 0 unspecified atom stereocenters. The van der Waals surface area contributed by atoms with Gasteiger partial charge in [0.2, 0.25) is 5.91 Å². The molecular weight excluding hydrogens is 375 g/mol. The molecule has 1 aromatic carbocycles. The van der Waals surface area contributed by atoms with E-state index in [1.54, 1.807) is 0 Å². The predicted molar refractivity (Wildman–Crippen MR) is 89.0 cm³/mol. The minimum atomic E-state index is -4.63. The third-order valence-corrected chi connectivity index (χ3v) is 3.39. The van der Waals surface area contributed by atoms with Gasteiger partial charge in [0.1, 0.15) is 0 Å². The second-order valence-electron chi connectivity index (χ2n) is 5.18. The number of carbonyl (C=O) groups excluding carboxylic acids is 2. The molecule has 0 aliphatic carbocycles. The number of nitrogens with one attached hydrogen (secondary N) is 2. The van der Waals surface area contributed by atoms with Crippen molar-refractivity contribution in [2.45, 2.75) is 19.5 Å². The number of amides is 2. The van der Waals surface area contributed by atoms with E-state index in [-0.39, 0.29) is 23.6 Å². The van der Waals surface area contributed by atoms with Gasteiger partial charge in [-0.2, -0.15) is 18.3 Å². The summed E-state index contributed by atoms with van der Waals surface area (Å²) in [7, 11) is 0. The molecule has 26 heavy (non-hydrogen) atoms. The molecule has 2 rings (SSSR count). The van der Waals surface area contributed by atoms with Crippen molar-refractivity contribution in [3.05, 3.63) is 52.9 Å². The van der Waals surface area contributed by atoms with E-state index >= 15 is 0 Å². The highest BCUT2D eigenvalue weighted by molar-refractivity contribution is 6.31. The summed E-state index contributed by atoms with van der Waals surface area (Å²) in [6.45, 7) is 1.48. The largest absolute Gasteiger partial charge is 0.459 e. The van der Waals surface area contributed by atoms with Crippen molar-refractivity contribution < 1.29 is 27.2 Å². The second-order valence-corrected chi connectivity index (χ2v) is 5.59. The summed E-state index contributed by atoms with van der Waals surface area (Å²) in [4.78, 5) is 23.5. The molecule has 0 radical (unpaired) electrons. The standard InChI is InChI=1S/C16H13ClF3N3O3/c1-9(22-23-15(25)13-3-2-6-26-13)7-14(24)21-10-4-5-12(17)11(8-10)16(18,19)20/h2-6,8H,7H2,1H3,(H,21,24)(H,23,25)/b22-9+. The predicted octanol–water partition coefficient (Wildman–Crippen LogP) is 4.09. The van der Waals surface area contributed by atoms with E-state index in [1.165, 1.54) is 31.4 Å². The average molecular weight is 388 g/mol. The second kappa shape index (κ2) is 8.05. The quantitative estimate of drug-likeness (QED) is 0.598. The van der Waals surface area contributed by atoms with Crippen molar-refractivity contribution in [2.75, 3.05) is 5.32 Å². The van der Waals surface area contributed by atoms with Crippen LogP contribution in [0, 0.1) is 0 Å². The topological polar surface area (TPSA) is 83.7 Å². The minimum Gasteiger partial charge on any atom is -0.459 e. The molecule has 2 N–H and O–H groups in total. The highest BCUT2D eigenvalue weighted by Gasteiger charge is 2.33. The fourth-order valence-electron chi connectivity index (χ4n) is 1.91. The Morgan fingerprint density at radius 1 is 1.27 bits per heavy atom. The molecule has 6 nitrogen and oxygen atoms in total. The number of alkyl halides is 3. The summed E-state index contributed by atoms with van der Waals surface area (Å²) in [5, 5.41) is 5.58. The Morgan fingerprint density at radius 3 is 2.62 bits per heavy atom. The van der Waals surface area contributed by atoms with Crippen LogP contribution in [-0.2, 0) is 11.0 Å². The van der Waals surface area contributed by atoms with Gasteiger partial charge in [-0.25, -0.2) is 5.43 Å². The first kappa shape index (κ1) is 19.5. The van der Waals surface area contributed by atoms with Crippen molar-refractivity contribution in [1.29, 1.82) is 0 Å². The number of benzene rings is 1. The minimum absolute atomic E-state index is 0.0480. The fraction of sp³-hybridized carbons (Fsp3) is 0.188. The molecule has 10 heteroatoms. The zero-order valence-corrected chi connectivity index (χ0v) is 14.1. The lowest BCUT2D eigenvalue weighted by molar-refractivity contribution is -0.137. The summed E-state index contributed by atoms with van der Waals surface area (Å²) in [5.74, 6) is -1.15. The van der Waals surface area contributed by atoms with Crippen molar-refractivity contribution in [2.24, 2.45) is 5.10 Å². The molecule has 0 bridgehead atoms. The van der Waals surface area contributed by atoms with Crippen LogP contribution in [0.3, 0.4) is 0 Å². The molecule has 2 aromatic rings. The molecule has 0 fully saturated rings. The number of nitrogens with zero attached hydrogens (tertiary/aromatic N) is 1. The summed E-state index contributed by atoms with van der Waals surface area (Å²) < 4.78 is 43.3. The lowest BCUT2D eigenvalue weighted by atomic mass is 10.2. The molecule has 138 valence electrons. The van der Waals surface area contributed by atoms with Gasteiger partial charge < -0.3 is 9.73 Å². The van der Waals surface area contributed by atoms with Gasteiger partial charge in [0, 0.05) is 11.4 Å². The number of carbonyl (C=O) groups is 2. The first-order chi connectivity index (χ1) is 12.2. The number of anilines is 1. The monoisotopic (exact) mass is 387 g/mol. The van der Waals surface area contributed by atoms with Crippen molar-refractivity contribution in [1.82, 2.24) is 5.43 Å². The fourth-order valence-corrected chi connectivity index (χ4v) is 2.13. The highest BCUT2D eigenvalue weighted by atomic mass is 35.5. The van der Waals surface area contributed by atoms with Crippen LogP contribution >= 0.6 is 11.6 Å². The number of hydrogen-bond donors (Lipinski definition) is 2. The van der Waals surface area contributed by atoms with E-state index in [0.717, 1.165) is 12.1 Å². The van der Waals surface area contributed by atoms with Gasteiger partial charge in [-0.3, -0.25) is 9.59 Å². The summed E-state index contributed by atoms with van der Waals surface area (Å²) in [5.41, 5.74) is 1.34. The molecule has 1 heterocycles. The lowest BCUT2D eigenvalue weighted by Crippen LogP contribution is -2.21. The number of halogens is 4. The van der Waals surface area contributed by atoms with E-state index in [1.807, 2.05) is 0 Å². The Kier molecular flexibility index (Phi) is 6.04. The van der Waals surface area contributed by atoms with Crippen LogP contribution in [0.4, 0.5) is 18.9 Å². The smallest absolute Gasteiger partial charge is 0.417 e. The van der Waals surface area contributed by atoms with Crippen LogP contribution in [0.1, 0.15) is 29.5 Å². The lowest BCUT2D eigenvalue weighted by Gasteiger charge is -2.11. The molecule has 0 saturated carbocycles. The number of hydrazone groups is 1. The van der Waals surface area contributed by atoms with Gasteiger partial charge in [0.05, 0.1) is 23.3 Å². The van der Waals surface area contributed by atoms with Gasteiger partial charge >= 0.3 is 12.1 Å². The van der Waals surface area contributed by atoms with Gasteiger partial charge in [-0.05, 0) is 37.3 Å². The maximum atomic E-state index is 12.8. The normalized spacial score (nSPS) is 12.0. The van der Waals surface area contributed by atoms with Gasteiger partial charge in [0.25, 0.3) is 0 Å². The van der Waals surface area contributed by atoms with Crippen LogP contribution in [0.5, 0.6) is 0 Å². The maximum absolute atomic E-state index is 12.8. The van der Waals surface area contributed by atoms with Gasteiger partial charge in [0.15, 0.2) is 5.76 Å². The van der Waals surface area contributed by atoms with Gasteiger partial charge in [-0.1, -0.05) is 11.6 Å². The Labute approximate surface area is 151 Å². The Balaban J connectivity index is 1.96. The highest BCUT2D eigenvalue weighted by Crippen LogP contribution is 2.36. The Hall–Kier alpha value is -2.81. The summed E-state index contributed by atoms with van der Waals surface area (Å²) in [6, 6.07) is 6.00. The first-order valence-corrected chi connectivity index (χ1v) is 7.58. The van der Waals surface area contributed by atoms with E-state index < -0.39 is 28.6 Å². The van der Waals surface area contributed by atoms with Crippen LogP contribution in [-0.4, -0.2) is 17.5 Å². The third kappa shape index (κ3) is 5.35.